The summed E-state index contributed by atoms with van der Waals surface area (Å²) >= 11 is 12.8. The first-order valence-electron chi connectivity index (χ1n) is 12.8. The third kappa shape index (κ3) is 5.64. The fourth-order valence-electron chi connectivity index (χ4n) is 5.12. The molecule has 0 unspecified atom stereocenters. The van der Waals surface area contributed by atoms with Crippen molar-refractivity contribution in [2.75, 3.05) is 32.7 Å². The van der Waals surface area contributed by atoms with Gasteiger partial charge in [0.15, 0.2) is 0 Å². The number of benzene rings is 3. The molecule has 2 heterocycles. The number of nitrogens with two attached hydrogens (primary N) is 1. The van der Waals surface area contributed by atoms with E-state index in [0.29, 0.717) is 6.54 Å². The van der Waals surface area contributed by atoms with Crippen LogP contribution in [0.2, 0.25) is 10.0 Å². The van der Waals surface area contributed by atoms with Crippen LogP contribution in [0.5, 0.6) is 0 Å². The molecule has 188 valence electrons. The minimum absolute atomic E-state index is 0.701. The van der Waals surface area contributed by atoms with Crippen molar-refractivity contribution >= 4 is 34.1 Å². The van der Waals surface area contributed by atoms with Gasteiger partial charge >= 0.3 is 0 Å². The molecule has 0 radical (unpaired) electrons. The Kier molecular flexibility index (Phi) is 8.00. The SMILES string of the molecule is Cc1ccc(-c2cn(CCCN)c3ccc(CN4CCN(Cc5c(Cl)cccc5Cl)CC4)cc23)cc1. The summed E-state index contributed by atoms with van der Waals surface area (Å²) in [6, 6.07) is 21.5. The van der Waals surface area contributed by atoms with Crippen molar-refractivity contribution in [2.24, 2.45) is 5.73 Å². The predicted molar refractivity (Wildman–Crippen MR) is 153 cm³/mol. The molecule has 36 heavy (non-hydrogen) atoms. The Bertz CT molecular complexity index is 1300. The van der Waals surface area contributed by atoms with Crippen molar-refractivity contribution in [3.63, 3.8) is 0 Å². The largest absolute Gasteiger partial charge is 0.347 e. The van der Waals surface area contributed by atoms with E-state index in [1.165, 1.54) is 33.2 Å². The summed E-state index contributed by atoms with van der Waals surface area (Å²) in [7, 11) is 0. The van der Waals surface area contributed by atoms with Crippen LogP contribution in [0.15, 0.2) is 66.9 Å². The summed E-state index contributed by atoms with van der Waals surface area (Å²) in [6.07, 6.45) is 3.27. The highest BCUT2D eigenvalue weighted by molar-refractivity contribution is 6.35. The van der Waals surface area contributed by atoms with E-state index < -0.39 is 0 Å². The zero-order valence-corrected chi connectivity index (χ0v) is 22.4. The van der Waals surface area contributed by atoms with Gasteiger partial charge in [0, 0.05) is 84.1 Å². The third-order valence-corrected chi connectivity index (χ3v) is 7.93. The van der Waals surface area contributed by atoms with Gasteiger partial charge in [-0.2, -0.15) is 0 Å². The lowest BCUT2D eigenvalue weighted by atomic mass is 10.0. The number of halogens is 2. The Morgan fingerprint density at radius 2 is 1.50 bits per heavy atom. The van der Waals surface area contributed by atoms with E-state index in [4.69, 9.17) is 28.9 Å². The predicted octanol–water partition coefficient (Wildman–Crippen LogP) is 6.59. The molecule has 1 saturated heterocycles. The smallest absolute Gasteiger partial charge is 0.0486 e. The molecule has 0 bridgehead atoms. The maximum Gasteiger partial charge on any atom is 0.0486 e. The molecule has 4 aromatic rings. The van der Waals surface area contributed by atoms with Crippen molar-refractivity contribution in [1.29, 1.82) is 0 Å². The molecule has 6 heteroatoms. The first kappa shape index (κ1) is 25.3. The maximum absolute atomic E-state index is 6.40. The number of hydrogen-bond donors (Lipinski definition) is 1. The molecule has 1 aliphatic rings. The van der Waals surface area contributed by atoms with Crippen molar-refractivity contribution < 1.29 is 0 Å². The van der Waals surface area contributed by atoms with E-state index in [9.17, 15) is 0 Å². The number of aryl methyl sites for hydroxylation is 2. The van der Waals surface area contributed by atoms with Crippen molar-refractivity contribution in [2.45, 2.75) is 33.0 Å². The monoisotopic (exact) mass is 520 g/mol. The van der Waals surface area contributed by atoms with Crippen LogP contribution >= 0.6 is 23.2 Å². The maximum atomic E-state index is 6.40. The Hall–Kier alpha value is -2.34. The average Bonchev–Trinajstić information content (AvgIpc) is 3.24. The van der Waals surface area contributed by atoms with Gasteiger partial charge in [-0.1, -0.05) is 65.2 Å². The number of piperazine rings is 1. The summed E-state index contributed by atoms with van der Waals surface area (Å²) in [5.41, 5.74) is 13.3. The molecular weight excluding hydrogens is 487 g/mol. The number of fused-ring (bicyclic) bond motifs is 1. The highest BCUT2D eigenvalue weighted by atomic mass is 35.5. The van der Waals surface area contributed by atoms with E-state index in [-0.39, 0.29) is 0 Å². The van der Waals surface area contributed by atoms with E-state index in [1.54, 1.807) is 0 Å². The van der Waals surface area contributed by atoms with Crippen molar-refractivity contribution in [3.8, 4) is 11.1 Å². The number of aromatic nitrogens is 1. The highest BCUT2D eigenvalue weighted by Gasteiger charge is 2.20. The Morgan fingerprint density at radius 3 is 2.17 bits per heavy atom. The van der Waals surface area contributed by atoms with Crippen LogP contribution in [0.25, 0.3) is 22.0 Å². The summed E-state index contributed by atoms with van der Waals surface area (Å²) < 4.78 is 2.36. The summed E-state index contributed by atoms with van der Waals surface area (Å²) in [5, 5.41) is 2.82. The van der Waals surface area contributed by atoms with Crippen molar-refractivity contribution in [3.05, 3.63) is 93.6 Å². The van der Waals surface area contributed by atoms with Crippen molar-refractivity contribution in [1.82, 2.24) is 14.4 Å². The normalized spacial score (nSPS) is 15.1. The molecular formula is C30H34Cl2N4. The van der Waals surface area contributed by atoms with E-state index in [0.717, 1.165) is 67.8 Å². The van der Waals surface area contributed by atoms with Crippen LogP contribution in [-0.2, 0) is 19.6 Å². The van der Waals surface area contributed by atoms with E-state index in [2.05, 4.69) is 70.0 Å². The van der Waals surface area contributed by atoms with Crippen LogP contribution in [0.4, 0.5) is 0 Å². The molecule has 4 nitrogen and oxygen atoms in total. The molecule has 2 N–H and O–H groups in total. The number of hydrogen-bond acceptors (Lipinski definition) is 3. The lowest BCUT2D eigenvalue weighted by molar-refractivity contribution is 0.122. The first-order chi connectivity index (χ1) is 17.5. The van der Waals surface area contributed by atoms with Gasteiger partial charge in [0.2, 0.25) is 0 Å². The fraction of sp³-hybridized carbons (Fsp3) is 0.333. The summed E-state index contributed by atoms with van der Waals surface area (Å²) in [5.74, 6) is 0. The quantitative estimate of drug-likeness (QED) is 0.284. The van der Waals surface area contributed by atoms with Gasteiger partial charge in [0.05, 0.1) is 0 Å². The second kappa shape index (κ2) is 11.4. The van der Waals surface area contributed by atoms with Gasteiger partial charge in [0.1, 0.15) is 0 Å². The van der Waals surface area contributed by atoms with Gasteiger partial charge < -0.3 is 10.3 Å². The second-order valence-corrected chi connectivity index (χ2v) is 10.7. The lowest BCUT2D eigenvalue weighted by Gasteiger charge is -2.35. The molecule has 1 aromatic heterocycles. The molecule has 3 aromatic carbocycles. The Balaban J connectivity index is 1.31. The Labute approximate surface area is 224 Å². The van der Waals surface area contributed by atoms with Crippen LogP contribution < -0.4 is 5.73 Å². The van der Waals surface area contributed by atoms with Gasteiger partial charge in [0.25, 0.3) is 0 Å². The fourth-order valence-corrected chi connectivity index (χ4v) is 5.64. The van der Waals surface area contributed by atoms with Gasteiger partial charge in [-0.3, -0.25) is 9.80 Å². The van der Waals surface area contributed by atoms with Crippen LogP contribution in [0.1, 0.15) is 23.1 Å². The molecule has 0 spiro atoms. The minimum atomic E-state index is 0.701. The first-order valence-corrected chi connectivity index (χ1v) is 13.5. The molecule has 0 saturated carbocycles. The van der Waals surface area contributed by atoms with Crippen LogP contribution in [0.3, 0.4) is 0 Å². The van der Waals surface area contributed by atoms with E-state index in [1.807, 2.05) is 18.2 Å². The Morgan fingerprint density at radius 1 is 0.833 bits per heavy atom. The lowest BCUT2D eigenvalue weighted by Crippen LogP contribution is -2.45. The van der Waals surface area contributed by atoms with Gasteiger partial charge in [-0.05, 0) is 55.3 Å². The van der Waals surface area contributed by atoms with E-state index >= 15 is 0 Å². The standard InChI is InChI=1S/C30H34Cl2N4/c1-22-6-9-24(10-7-22)26-21-36(13-3-12-33)30-11-8-23(18-25(26)30)19-34-14-16-35(17-15-34)20-27-28(31)4-2-5-29(27)32/h2,4-11,18,21H,3,12-17,19-20,33H2,1H3. The zero-order chi connectivity index (χ0) is 25.1. The molecule has 0 atom stereocenters. The molecule has 0 amide bonds. The van der Waals surface area contributed by atoms with Crippen LogP contribution in [-0.4, -0.2) is 47.1 Å². The summed E-state index contributed by atoms with van der Waals surface area (Å²) in [4.78, 5) is 4.99. The van der Waals surface area contributed by atoms with Gasteiger partial charge in [-0.25, -0.2) is 0 Å². The second-order valence-electron chi connectivity index (χ2n) is 9.85. The average molecular weight is 522 g/mol. The number of rotatable bonds is 8. The molecule has 1 aliphatic heterocycles. The minimum Gasteiger partial charge on any atom is -0.347 e. The highest BCUT2D eigenvalue weighted by Crippen LogP contribution is 2.32. The summed E-state index contributed by atoms with van der Waals surface area (Å²) in [6.45, 7) is 9.61. The zero-order valence-electron chi connectivity index (χ0n) is 20.9. The van der Waals surface area contributed by atoms with Crippen LogP contribution in [0, 0.1) is 6.92 Å². The number of nitrogens with zero attached hydrogens (tertiary/aromatic N) is 3. The molecule has 1 fully saturated rings. The molecule has 0 aliphatic carbocycles. The topological polar surface area (TPSA) is 37.4 Å². The third-order valence-electron chi connectivity index (χ3n) is 7.23. The van der Waals surface area contributed by atoms with Gasteiger partial charge in [-0.15, -0.1) is 0 Å². The molecule has 5 rings (SSSR count).